The number of nitrogens with one attached hydrogen (secondary N) is 1. The predicted molar refractivity (Wildman–Crippen MR) is 69.8 cm³/mol. The summed E-state index contributed by atoms with van der Waals surface area (Å²) in [6.45, 7) is 0.678. The second-order valence-corrected chi connectivity index (χ2v) is 4.60. The van der Waals surface area contributed by atoms with Gasteiger partial charge >= 0.3 is 0 Å². The van der Waals surface area contributed by atoms with Crippen molar-refractivity contribution < 1.29 is 4.92 Å². The third-order valence-electron chi connectivity index (χ3n) is 2.22. The van der Waals surface area contributed by atoms with Crippen LogP contribution in [0.5, 0.6) is 0 Å². The highest BCUT2D eigenvalue weighted by Crippen LogP contribution is 2.27. The Balaban J connectivity index is 2.07. The summed E-state index contributed by atoms with van der Waals surface area (Å²) in [5.41, 5.74) is 1.86. The van der Waals surface area contributed by atoms with Gasteiger partial charge in [-0.25, -0.2) is 0 Å². The molecule has 0 spiro atoms. The molecule has 0 saturated carbocycles. The summed E-state index contributed by atoms with van der Waals surface area (Å²) >= 11 is 7.43. The molecule has 0 aliphatic carbocycles. The van der Waals surface area contributed by atoms with Crippen LogP contribution in [0.15, 0.2) is 35.0 Å². The van der Waals surface area contributed by atoms with Gasteiger partial charge in [-0.1, -0.05) is 11.6 Å². The molecule has 2 aromatic rings. The quantitative estimate of drug-likeness (QED) is 0.675. The van der Waals surface area contributed by atoms with Gasteiger partial charge in [0.15, 0.2) is 0 Å². The Morgan fingerprint density at radius 2 is 2.24 bits per heavy atom. The fraction of sp³-hybridized carbons (Fsp3) is 0.0909. The molecule has 1 heterocycles. The Morgan fingerprint density at radius 3 is 2.82 bits per heavy atom. The van der Waals surface area contributed by atoms with Gasteiger partial charge in [0.05, 0.1) is 4.92 Å². The number of hydrogen-bond acceptors (Lipinski definition) is 4. The SMILES string of the molecule is O=[N+]([O-])c1ccc(NCc2ccsc2)cc1Cl. The van der Waals surface area contributed by atoms with Gasteiger partial charge in [-0.15, -0.1) is 0 Å². The fourth-order valence-corrected chi connectivity index (χ4v) is 2.28. The second kappa shape index (κ2) is 5.16. The minimum atomic E-state index is -0.495. The molecule has 0 amide bonds. The number of nitro groups is 1. The summed E-state index contributed by atoms with van der Waals surface area (Å²) in [5.74, 6) is 0. The van der Waals surface area contributed by atoms with E-state index < -0.39 is 4.92 Å². The normalized spacial score (nSPS) is 10.2. The van der Waals surface area contributed by atoms with Crippen molar-refractivity contribution >= 4 is 34.3 Å². The van der Waals surface area contributed by atoms with E-state index in [4.69, 9.17) is 11.6 Å². The number of anilines is 1. The molecule has 0 aliphatic rings. The van der Waals surface area contributed by atoms with Crippen LogP contribution in [-0.4, -0.2) is 4.92 Å². The molecule has 0 bridgehead atoms. The molecule has 0 aliphatic heterocycles. The second-order valence-electron chi connectivity index (χ2n) is 3.41. The van der Waals surface area contributed by atoms with Gasteiger partial charge in [-0.3, -0.25) is 10.1 Å². The Kier molecular flexibility index (Phi) is 3.61. The minimum absolute atomic E-state index is 0.0762. The number of rotatable bonds is 4. The van der Waals surface area contributed by atoms with E-state index in [0.717, 1.165) is 5.69 Å². The first kappa shape index (κ1) is 11.9. The Labute approximate surface area is 107 Å². The van der Waals surface area contributed by atoms with Crippen LogP contribution < -0.4 is 5.32 Å². The van der Waals surface area contributed by atoms with Crippen LogP contribution in [0.2, 0.25) is 5.02 Å². The highest BCUT2D eigenvalue weighted by Gasteiger charge is 2.11. The lowest BCUT2D eigenvalue weighted by atomic mass is 10.2. The topological polar surface area (TPSA) is 55.2 Å². The molecule has 0 saturated heterocycles. The third-order valence-corrected chi connectivity index (χ3v) is 3.26. The van der Waals surface area contributed by atoms with Gasteiger partial charge in [0.1, 0.15) is 5.02 Å². The van der Waals surface area contributed by atoms with Crippen molar-refractivity contribution in [2.45, 2.75) is 6.54 Å². The molecule has 1 N–H and O–H groups in total. The van der Waals surface area contributed by atoms with E-state index in [2.05, 4.69) is 5.32 Å². The number of nitrogens with zero attached hydrogens (tertiary/aromatic N) is 1. The number of halogens is 1. The van der Waals surface area contributed by atoms with Gasteiger partial charge in [-0.05, 0) is 34.5 Å². The first-order chi connectivity index (χ1) is 8.16. The van der Waals surface area contributed by atoms with Crippen LogP contribution in [0, 0.1) is 10.1 Å². The number of nitro benzene ring substituents is 1. The fourth-order valence-electron chi connectivity index (χ4n) is 1.36. The molecule has 4 nitrogen and oxygen atoms in total. The maximum absolute atomic E-state index is 10.6. The molecule has 17 heavy (non-hydrogen) atoms. The summed E-state index contributed by atoms with van der Waals surface area (Å²) in [7, 11) is 0. The summed E-state index contributed by atoms with van der Waals surface area (Å²) in [6.07, 6.45) is 0. The Morgan fingerprint density at radius 1 is 1.41 bits per heavy atom. The van der Waals surface area contributed by atoms with E-state index in [1.807, 2.05) is 16.8 Å². The zero-order chi connectivity index (χ0) is 12.3. The van der Waals surface area contributed by atoms with E-state index in [0.29, 0.717) is 6.54 Å². The molecule has 0 radical (unpaired) electrons. The van der Waals surface area contributed by atoms with Crippen molar-refractivity contribution in [2.24, 2.45) is 0 Å². The molecule has 1 aromatic heterocycles. The van der Waals surface area contributed by atoms with E-state index in [1.165, 1.54) is 11.6 Å². The van der Waals surface area contributed by atoms with Crippen molar-refractivity contribution in [2.75, 3.05) is 5.32 Å². The smallest absolute Gasteiger partial charge is 0.288 e. The van der Waals surface area contributed by atoms with E-state index in [1.54, 1.807) is 23.5 Å². The maximum Gasteiger partial charge on any atom is 0.288 e. The molecule has 1 aromatic carbocycles. The molecular formula is C11H9ClN2O2S. The summed E-state index contributed by atoms with van der Waals surface area (Å²) in [6, 6.07) is 6.63. The van der Waals surface area contributed by atoms with Gasteiger partial charge in [0, 0.05) is 18.3 Å². The minimum Gasteiger partial charge on any atom is -0.381 e. The Hall–Kier alpha value is -1.59. The molecule has 88 valence electrons. The van der Waals surface area contributed by atoms with Crippen molar-refractivity contribution in [1.29, 1.82) is 0 Å². The van der Waals surface area contributed by atoms with Crippen LogP contribution >= 0.6 is 22.9 Å². The number of thiophene rings is 1. The number of benzene rings is 1. The molecule has 0 unspecified atom stereocenters. The number of hydrogen-bond donors (Lipinski definition) is 1. The molecular weight excluding hydrogens is 260 g/mol. The van der Waals surface area contributed by atoms with Gasteiger partial charge in [0.2, 0.25) is 0 Å². The first-order valence-electron chi connectivity index (χ1n) is 4.85. The zero-order valence-electron chi connectivity index (χ0n) is 8.72. The third kappa shape index (κ3) is 2.95. The molecule has 6 heteroatoms. The van der Waals surface area contributed by atoms with Crippen LogP contribution in [0.3, 0.4) is 0 Å². The molecule has 0 atom stereocenters. The van der Waals surface area contributed by atoms with Crippen molar-refractivity contribution in [3.05, 3.63) is 55.7 Å². The van der Waals surface area contributed by atoms with Crippen LogP contribution in [0.25, 0.3) is 0 Å². The van der Waals surface area contributed by atoms with Crippen molar-refractivity contribution in [3.8, 4) is 0 Å². The monoisotopic (exact) mass is 268 g/mol. The Bertz CT molecular complexity index is 528. The highest BCUT2D eigenvalue weighted by atomic mass is 35.5. The van der Waals surface area contributed by atoms with E-state index in [-0.39, 0.29) is 10.7 Å². The van der Waals surface area contributed by atoms with Crippen molar-refractivity contribution in [3.63, 3.8) is 0 Å². The average molecular weight is 269 g/mol. The lowest BCUT2D eigenvalue weighted by Crippen LogP contribution is -1.98. The van der Waals surface area contributed by atoms with Crippen molar-refractivity contribution in [1.82, 2.24) is 0 Å². The van der Waals surface area contributed by atoms with Crippen LogP contribution in [-0.2, 0) is 6.54 Å². The van der Waals surface area contributed by atoms with Gasteiger partial charge in [-0.2, -0.15) is 11.3 Å². The molecule has 2 rings (SSSR count). The van der Waals surface area contributed by atoms with E-state index in [9.17, 15) is 10.1 Å². The van der Waals surface area contributed by atoms with Gasteiger partial charge in [0.25, 0.3) is 5.69 Å². The first-order valence-corrected chi connectivity index (χ1v) is 6.18. The maximum atomic E-state index is 10.6. The summed E-state index contributed by atoms with van der Waals surface area (Å²) < 4.78 is 0. The van der Waals surface area contributed by atoms with Crippen LogP contribution in [0.4, 0.5) is 11.4 Å². The molecule has 0 fully saturated rings. The summed E-state index contributed by atoms with van der Waals surface area (Å²) in [5, 5.41) is 17.9. The standard InChI is InChI=1S/C11H9ClN2O2S/c12-10-5-9(1-2-11(10)14(15)16)13-6-8-3-4-17-7-8/h1-5,7,13H,6H2. The highest BCUT2D eigenvalue weighted by molar-refractivity contribution is 7.07. The largest absolute Gasteiger partial charge is 0.381 e. The summed E-state index contributed by atoms with van der Waals surface area (Å²) in [4.78, 5) is 10.1. The predicted octanol–water partition coefficient (Wildman–Crippen LogP) is 3.92. The van der Waals surface area contributed by atoms with Gasteiger partial charge < -0.3 is 5.32 Å². The lowest BCUT2D eigenvalue weighted by Gasteiger charge is -2.05. The lowest BCUT2D eigenvalue weighted by molar-refractivity contribution is -0.384. The zero-order valence-corrected chi connectivity index (χ0v) is 10.3. The van der Waals surface area contributed by atoms with Crippen LogP contribution in [0.1, 0.15) is 5.56 Å². The average Bonchev–Trinajstić information content (AvgIpc) is 2.78. The van der Waals surface area contributed by atoms with E-state index >= 15 is 0 Å².